The van der Waals surface area contributed by atoms with E-state index < -0.39 is 11.9 Å². The van der Waals surface area contributed by atoms with Crippen molar-refractivity contribution in [2.24, 2.45) is 0 Å². The molecular formula is C14H19FN2O3. The van der Waals surface area contributed by atoms with Crippen molar-refractivity contribution in [3.05, 3.63) is 24.0 Å². The maximum absolute atomic E-state index is 13.7. The fraction of sp³-hybridized carbons (Fsp3) is 0.500. The number of carbonyl (C=O) groups excluding carboxylic acids is 1. The highest BCUT2D eigenvalue weighted by atomic mass is 19.1. The zero-order valence-corrected chi connectivity index (χ0v) is 11.9. The third-order valence-corrected chi connectivity index (χ3v) is 3.40. The highest BCUT2D eigenvalue weighted by Crippen LogP contribution is 2.23. The molecule has 5 nitrogen and oxygen atoms in total. The van der Waals surface area contributed by atoms with Crippen LogP contribution < -0.4 is 9.64 Å². The molecule has 0 radical (unpaired) electrons. The molecule has 1 amide bonds. The van der Waals surface area contributed by atoms with E-state index in [1.807, 2.05) is 11.9 Å². The number of carbonyl (C=O) groups is 1. The van der Waals surface area contributed by atoms with Gasteiger partial charge in [-0.3, -0.25) is 4.79 Å². The van der Waals surface area contributed by atoms with Crippen molar-refractivity contribution >= 4 is 11.6 Å². The number of hydrogen-bond acceptors (Lipinski definition) is 4. The first kappa shape index (κ1) is 14.7. The van der Waals surface area contributed by atoms with Crippen molar-refractivity contribution in [3.8, 4) is 5.75 Å². The van der Waals surface area contributed by atoms with Crippen molar-refractivity contribution in [1.29, 1.82) is 0 Å². The molecule has 0 unspecified atom stereocenters. The van der Waals surface area contributed by atoms with E-state index >= 15 is 0 Å². The normalized spacial score (nSPS) is 19.7. The van der Waals surface area contributed by atoms with Crippen LogP contribution in [0, 0.1) is 5.82 Å². The molecule has 110 valence electrons. The molecule has 1 aliphatic heterocycles. The van der Waals surface area contributed by atoms with Gasteiger partial charge < -0.3 is 19.3 Å². The van der Waals surface area contributed by atoms with Crippen molar-refractivity contribution in [1.82, 2.24) is 4.90 Å². The van der Waals surface area contributed by atoms with Gasteiger partial charge >= 0.3 is 0 Å². The number of anilines is 1. The van der Waals surface area contributed by atoms with E-state index in [2.05, 4.69) is 0 Å². The van der Waals surface area contributed by atoms with Crippen molar-refractivity contribution in [2.45, 2.75) is 6.10 Å². The third-order valence-electron chi connectivity index (χ3n) is 3.40. The van der Waals surface area contributed by atoms with Gasteiger partial charge in [0.2, 0.25) is 0 Å². The van der Waals surface area contributed by atoms with E-state index in [-0.39, 0.29) is 11.7 Å². The topological polar surface area (TPSA) is 42.0 Å². The lowest BCUT2D eigenvalue weighted by atomic mass is 10.2. The standard InChI is InChI=1S/C14H19FN2O3/c1-16-6-7-20-13(9-16)14(18)17(2)10-4-5-12(19-3)11(15)8-10/h4-5,8,13H,6-7,9H2,1-3H3/t13-/m0/s1. The second kappa shape index (κ2) is 6.19. The molecule has 0 bridgehead atoms. The summed E-state index contributed by atoms with van der Waals surface area (Å²) in [5.74, 6) is -0.518. The number of amides is 1. The minimum atomic E-state index is -0.510. The van der Waals surface area contributed by atoms with Crippen LogP contribution in [0.3, 0.4) is 0 Å². The molecule has 2 rings (SSSR count). The van der Waals surface area contributed by atoms with Gasteiger partial charge in [-0.2, -0.15) is 0 Å². The maximum Gasteiger partial charge on any atom is 0.257 e. The van der Waals surface area contributed by atoms with Gasteiger partial charge in [0.25, 0.3) is 5.91 Å². The Balaban J connectivity index is 2.11. The molecule has 20 heavy (non-hydrogen) atoms. The first-order valence-corrected chi connectivity index (χ1v) is 6.44. The molecule has 0 spiro atoms. The highest BCUT2D eigenvalue weighted by molar-refractivity contribution is 5.96. The van der Waals surface area contributed by atoms with Gasteiger partial charge in [0.05, 0.1) is 13.7 Å². The number of ether oxygens (including phenoxy) is 2. The van der Waals surface area contributed by atoms with Crippen LogP contribution in [0.15, 0.2) is 18.2 Å². The molecule has 1 aromatic rings. The lowest BCUT2D eigenvalue weighted by Crippen LogP contribution is -2.49. The van der Waals surface area contributed by atoms with Gasteiger partial charge in [-0.1, -0.05) is 0 Å². The molecule has 0 aliphatic carbocycles. The molecule has 1 saturated heterocycles. The van der Waals surface area contributed by atoms with Crippen LogP contribution in [-0.4, -0.2) is 57.8 Å². The average Bonchev–Trinajstić information content (AvgIpc) is 2.45. The highest BCUT2D eigenvalue weighted by Gasteiger charge is 2.28. The van der Waals surface area contributed by atoms with Gasteiger partial charge in [0.1, 0.15) is 6.10 Å². The van der Waals surface area contributed by atoms with Crippen molar-refractivity contribution < 1.29 is 18.7 Å². The average molecular weight is 282 g/mol. The van der Waals surface area contributed by atoms with E-state index in [1.54, 1.807) is 13.1 Å². The number of halogens is 1. The second-order valence-corrected chi connectivity index (χ2v) is 4.84. The summed E-state index contributed by atoms with van der Waals surface area (Å²) in [7, 11) is 4.95. The first-order chi connectivity index (χ1) is 9.52. The van der Waals surface area contributed by atoms with Crippen LogP contribution in [0.2, 0.25) is 0 Å². The Hall–Kier alpha value is -1.66. The zero-order chi connectivity index (χ0) is 14.7. The molecule has 0 saturated carbocycles. The van der Waals surface area contributed by atoms with E-state index in [0.717, 1.165) is 6.54 Å². The fourth-order valence-corrected chi connectivity index (χ4v) is 2.13. The summed E-state index contributed by atoms with van der Waals surface area (Å²) in [6, 6.07) is 4.43. The van der Waals surface area contributed by atoms with Crippen LogP contribution in [0.5, 0.6) is 5.75 Å². The Morgan fingerprint density at radius 1 is 1.55 bits per heavy atom. The van der Waals surface area contributed by atoms with E-state index in [0.29, 0.717) is 18.8 Å². The van der Waals surface area contributed by atoms with Crippen molar-refractivity contribution in [3.63, 3.8) is 0 Å². The van der Waals surface area contributed by atoms with Gasteiger partial charge in [-0.15, -0.1) is 0 Å². The smallest absolute Gasteiger partial charge is 0.257 e. The van der Waals surface area contributed by atoms with Crippen LogP contribution in [-0.2, 0) is 9.53 Å². The van der Waals surface area contributed by atoms with Crippen molar-refractivity contribution in [2.75, 3.05) is 45.8 Å². The maximum atomic E-state index is 13.7. The third kappa shape index (κ3) is 3.08. The Labute approximate surface area is 117 Å². The Bertz CT molecular complexity index is 495. The van der Waals surface area contributed by atoms with Crippen LogP contribution in [0.1, 0.15) is 0 Å². The zero-order valence-electron chi connectivity index (χ0n) is 11.9. The summed E-state index contributed by atoms with van der Waals surface area (Å²) in [5, 5.41) is 0. The van der Waals surface area contributed by atoms with Crippen LogP contribution in [0.25, 0.3) is 0 Å². The summed E-state index contributed by atoms with van der Waals surface area (Å²) >= 11 is 0. The summed E-state index contributed by atoms with van der Waals surface area (Å²) in [6.45, 7) is 1.88. The van der Waals surface area contributed by atoms with Gasteiger partial charge in [-0.05, 0) is 19.2 Å². The van der Waals surface area contributed by atoms with Crippen LogP contribution in [0.4, 0.5) is 10.1 Å². The molecule has 6 heteroatoms. The van der Waals surface area contributed by atoms with E-state index in [9.17, 15) is 9.18 Å². The van der Waals surface area contributed by atoms with Gasteiger partial charge in [0.15, 0.2) is 11.6 Å². The quantitative estimate of drug-likeness (QED) is 0.833. The molecule has 1 atom stereocenters. The molecule has 0 N–H and O–H groups in total. The predicted octanol–water partition coefficient (Wildman–Crippen LogP) is 1.13. The molecule has 1 aliphatic rings. The van der Waals surface area contributed by atoms with E-state index in [4.69, 9.17) is 9.47 Å². The SMILES string of the molecule is COc1ccc(N(C)C(=O)[C@@H]2CN(C)CCO2)cc1F. The summed E-state index contributed by atoms with van der Waals surface area (Å²) in [4.78, 5) is 15.8. The molecule has 1 heterocycles. The minimum Gasteiger partial charge on any atom is -0.494 e. The number of nitrogens with zero attached hydrogens (tertiary/aromatic N) is 2. The molecule has 0 aromatic heterocycles. The first-order valence-electron chi connectivity index (χ1n) is 6.44. The Morgan fingerprint density at radius 2 is 2.30 bits per heavy atom. The predicted molar refractivity (Wildman–Crippen MR) is 73.6 cm³/mol. The fourth-order valence-electron chi connectivity index (χ4n) is 2.13. The minimum absolute atomic E-state index is 0.156. The molecular weight excluding hydrogens is 263 g/mol. The summed E-state index contributed by atoms with van der Waals surface area (Å²) in [6.07, 6.45) is -0.510. The van der Waals surface area contributed by atoms with Gasteiger partial charge in [0, 0.05) is 31.9 Å². The molecule has 1 fully saturated rings. The monoisotopic (exact) mass is 282 g/mol. The lowest BCUT2D eigenvalue weighted by molar-refractivity contribution is -0.134. The second-order valence-electron chi connectivity index (χ2n) is 4.84. The van der Waals surface area contributed by atoms with Gasteiger partial charge in [-0.25, -0.2) is 4.39 Å². The number of methoxy groups -OCH3 is 1. The number of likely N-dealkylation sites (N-methyl/N-ethyl adjacent to an activating group) is 2. The summed E-state index contributed by atoms with van der Waals surface area (Å²) in [5.41, 5.74) is 0.477. The molecule has 1 aromatic carbocycles. The Morgan fingerprint density at radius 3 is 2.90 bits per heavy atom. The van der Waals surface area contributed by atoms with Crippen LogP contribution >= 0.6 is 0 Å². The number of benzene rings is 1. The van der Waals surface area contributed by atoms with E-state index in [1.165, 1.54) is 24.1 Å². The summed E-state index contributed by atoms with van der Waals surface area (Å²) < 4.78 is 24.0. The number of morpholine rings is 1. The number of hydrogen-bond donors (Lipinski definition) is 0. The number of rotatable bonds is 3. The largest absolute Gasteiger partial charge is 0.494 e. The Kier molecular flexibility index (Phi) is 4.57. The lowest BCUT2D eigenvalue weighted by Gasteiger charge is -2.31.